The van der Waals surface area contributed by atoms with Crippen molar-refractivity contribution in [1.29, 1.82) is 0 Å². The van der Waals surface area contributed by atoms with Gasteiger partial charge < -0.3 is 20.3 Å². The van der Waals surface area contributed by atoms with E-state index in [1.54, 1.807) is 0 Å². The van der Waals surface area contributed by atoms with Crippen molar-refractivity contribution in [3.8, 4) is 0 Å². The Morgan fingerprint density at radius 1 is 0.315 bits per heavy atom. The Hall–Kier alpha value is -1.92. The number of hydrogen-bond donors (Lipinski definition) is 3. The van der Waals surface area contributed by atoms with Gasteiger partial charge in [-0.1, -0.05) is 397 Å². The molecule has 1 amide bonds. The number of nitrogens with one attached hydrogen (secondary N) is 1. The average molecular weight is 1250 g/mol. The van der Waals surface area contributed by atoms with Gasteiger partial charge in [-0.3, -0.25) is 9.59 Å². The molecule has 0 heterocycles. The molecule has 0 saturated carbocycles. The molecule has 0 aliphatic heterocycles. The molecule has 6 heteroatoms. The van der Waals surface area contributed by atoms with Crippen LogP contribution in [0.2, 0.25) is 0 Å². The Morgan fingerprint density at radius 2 is 0.562 bits per heavy atom. The van der Waals surface area contributed by atoms with Crippen molar-refractivity contribution in [1.82, 2.24) is 5.32 Å². The predicted molar refractivity (Wildman–Crippen MR) is 393 cm³/mol. The minimum atomic E-state index is -0.664. The molecule has 0 radical (unpaired) electrons. The Morgan fingerprint density at radius 3 is 0.865 bits per heavy atom. The number of unbranched alkanes of at least 4 members (excludes halogenated alkanes) is 60. The van der Waals surface area contributed by atoms with Gasteiger partial charge in [0.1, 0.15) is 0 Å². The molecule has 0 saturated heterocycles. The first-order valence-corrected chi connectivity index (χ1v) is 40.7. The van der Waals surface area contributed by atoms with Crippen LogP contribution in [0.25, 0.3) is 0 Å². The number of aliphatic hydroxyl groups excluding tert-OH is 2. The molecule has 0 rings (SSSR count). The molecular weight excluding hydrogens is 1090 g/mol. The second-order valence-electron chi connectivity index (χ2n) is 28.1. The largest absolute Gasteiger partial charge is 0.466 e. The molecule has 0 aliphatic carbocycles. The molecule has 0 bridgehead atoms. The van der Waals surface area contributed by atoms with E-state index in [0.29, 0.717) is 25.9 Å². The van der Waals surface area contributed by atoms with Crippen molar-refractivity contribution < 1.29 is 24.5 Å². The van der Waals surface area contributed by atoms with Crippen LogP contribution >= 0.6 is 0 Å². The van der Waals surface area contributed by atoms with E-state index in [1.165, 1.54) is 372 Å². The summed E-state index contributed by atoms with van der Waals surface area (Å²) in [6, 6.07) is -0.541. The highest BCUT2D eigenvalue weighted by Crippen LogP contribution is 2.20. The fourth-order valence-electron chi connectivity index (χ4n) is 13.0. The Kier molecular flexibility index (Phi) is 76.8. The summed E-state index contributed by atoms with van der Waals surface area (Å²) in [6.45, 7) is 4.99. The third-order valence-corrected chi connectivity index (χ3v) is 19.2. The zero-order valence-electron chi connectivity index (χ0n) is 60.4. The molecule has 89 heavy (non-hydrogen) atoms. The van der Waals surface area contributed by atoms with Crippen LogP contribution in [0.5, 0.6) is 0 Å². The molecule has 3 N–H and O–H groups in total. The normalized spacial score (nSPS) is 12.6. The van der Waals surface area contributed by atoms with Crippen molar-refractivity contribution >= 4 is 11.9 Å². The van der Waals surface area contributed by atoms with Gasteiger partial charge in [-0.15, -0.1) is 0 Å². The molecule has 526 valence electrons. The zero-order valence-corrected chi connectivity index (χ0v) is 60.4. The van der Waals surface area contributed by atoms with Gasteiger partial charge in [0.05, 0.1) is 25.4 Å². The van der Waals surface area contributed by atoms with E-state index in [9.17, 15) is 19.8 Å². The van der Waals surface area contributed by atoms with Gasteiger partial charge in [0, 0.05) is 12.8 Å². The molecule has 0 fully saturated rings. The molecule has 2 unspecified atom stereocenters. The lowest BCUT2D eigenvalue weighted by Crippen LogP contribution is -2.45. The number of carbonyl (C=O) groups is 2. The summed E-state index contributed by atoms with van der Waals surface area (Å²) >= 11 is 0. The monoisotopic (exact) mass is 1250 g/mol. The molecule has 0 aromatic rings. The van der Waals surface area contributed by atoms with Crippen LogP contribution < -0.4 is 5.32 Å². The molecule has 0 aromatic carbocycles. The van der Waals surface area contributed by atoms with Gasteiger partial charge in [-0.2, -0.15) is 0 Å². The lowest BCUT2D eigenvalue weighted by molar-refractivity contribution is -0.143. The van der Waals surface area contributed by atoms with E-state index in [-0.39, 0.29) is 18.5 Å². The van der Waals surface area contributed by atoms with Crippen LogP contribution in [0.4, 0.5) is 0 Å². The number of rotatable bonds is 77. The first-order valence-electron chi connectivity index (χ1n) is 40.7. The van der Waals surface area contributed by atoms with Gasteiger partial charge in [0.2, 0.25) is 5.91 Å². The fourth-order valence-corrected chi connectivity index (χ4v) is 13.0. The van der Waals surface area contributed by atoms with Gasteiger partial charge in [0.15, 0.2) is 0 Å². The second kappa shape index (κ2) is 78.5. The first-order chi connectivity index (χ1) is 44.0. The SMILES string of the molecule is CCCCCCCC/C=C\CCCCCCCC(=O)OCCCCCCCCCCCCC/C=C\C/C=C\CCCCCCCCCCCCCCCCCCCC(=O)NC(CO)C(O)CCCCCCCCCCCCCCCCCCCCCCCC. The van der Waals surface area contributed by atoms with Crippen molar-refractivity contribution in [3.05, 3.63) is 36.5 Å². The summed E-state index contributed by atoms with van der Waals surface area (Å²) in [4.78, 5) is 24.7. The van der Waals surface area contributed by atoms with Crippen molar-refractivity contribution in [3.63, 3.8) is 0 Å². The summed E-state index contributed by atoms with van der Waals surface area (Å²) in [6.07, 6.45) is 102. The number of amides is 1. The highest BCUT2D eigenvalue weighted by atomic mass is 16.5. The summed E-state index contributed by atoms with van der Waals surface area (Å²) in [5, 5.41) is 23.5. The maximum absolute atomic E-state index is 12.6. The summed E-state index contributed by atoms with van der Waals surface area (Å²) in [5.74, 6) is -0.0178. The first kappa shape index (κ1) is 87.1. The molecule has 0 aliphatic rings. The number of aliphatic hydroxyl groups is 2. The molecule has 0 spiro atoms. The summed E-state index contributed by atoms with van der Waals surface area (Å²) < 4.78 is 5.49. The van der Waals surface area contributed by atoms with Gasteiger partial charge in [-0.05, 0) is 83.5 Å². The highest BCUT2D eigenvalue weighted by molar-refractivity contribution is 5.76. The predicted octanol–water partition coefficient (Wildman–Crippen LogP) is 27.0. The van der Waals surface area contributed by atoms with Crippen molar-refractivity contribution in [2.75, 3.05) is 13.2 Å². The van der Waals surface area contributed by atoms with Crippen LogP contribution in [0.3, 0.4) is 0 Å². The maximum Gasteiger partial charge on any atom is 0.305 e. The molecule has 6 nitrogen and oxygen atoms in total. The van der Waals surface area contributed by atoms with Crippen LogP contribution in [0.1, 0.15) is 457 Å². The zero-order chi connectivity index (χ0) is 64.2. The van der Waals surface area contributed by atoms with E-state index >= 15 is 0 Å². The lowest BCUT2D eigenvalue weighted by atomic mass is 10.0. The van der Waals surface area contributed by atoms with Gasteiger partial charge in [0.25, 0.3) is 0 Å². The van der Waals surface area contributed by atoms with E-state index in [2.05, 4.69) is 55.6 Å². The minimum Gasteiger partial charge on any atom is -0.466 e. The lowest BCUT2D eigenvalue weighted by Gasteiger charge is -2.22. The third kappa shape index (κ3) is 75.0. The van der Waals surface area contributed by atoms with E-state index in [0.717, 1.165) is 51.4 Å². The Bertz CT molecular complexity index is 1440. The van der Waals surface area contributed by atoms with Crippen molar-refractivity contribution in [2.24, 2.45) is 0 Å². The standard InChI is InChI=1S/C83H159NO5/c1-3-5-7-9-11-13-15-17-19-20-21-22-38-41-44-48-51-55-59-63-67-71-75-81(86)80(79-85)84-82(87)76-72-68-64-60-56-52-49-45-42-39-36-34-32-30-28-26-24-23-25-27-29-31-33-35-37-40-43-46-50-54-58-62-66-70-74-78-89-83(88)77-73-69-65-61-57-53-47-18-16-14-12-10-8-6-4-2/h18,25,27,31,33,47,80-81,85-86H,3-17,19-24,26,28-30,32,34-46,48-79H2,1-2H3,(H,84,87)/b27-25-,33-31-,47-18-. The second-order valence-corrected chi connectivity index (χ2v) is 28.1. The van der Waals surface area contributed by atoms with Crippen LogP contribution in [0.15, 0.2) is 36.5 Å². The van der Waals surface area contributed by atoms with Crippen LogP contribution in [-0.2, 0) is 14.3 Å². The van der Waals surface area contributed by atoms with E-state index in [4.69, 9.17) is 4.74 Å². The van der Waals surface area contributed by atoms with Gasteiger partial charge >= 0.3 is 5.97 Å². The molecule has 0 aromatic heterocycles. The third-order valence-electron chi connectivity index (χ3n) is 19.2. The average Bonchev–Trinajstić information content (AvgIpc) is 3.56. The number of hydrogen-bond acceptors (Lipinski definition) is 5. The molecular formula is C83H159NO5. The quantitative estimate of drug-likeness (QED) is 0.0320. The van der Waals surface area contributed by atoms with E-state index < -0.39 is 12.1 Å². The van der Waals surface area contributed by atoms with Crippen LogP contribution in [0, 0.1) is 0 Å². The summed E-state index contributed by atoms with van der Waals surface area (Å²) in [5.41, 5.74) is 0. The minimum absolute atomic E-state index is 0.00962. The maximum atomic E-state index is 12.6. The van der Waals surface area contributed by atoms with Crippen molar-refractivity contribution in [2.45, 2.75) is 469 Å². The number of esters is 1. The number of ether oxygens (including phenoxy) is 1. The number of carbonyl (C=O) groups excluding carboxylic acids is 2. The van der Waals surface area contributed by atoms with E-state index in [1.807, 2.05) is 0 Å². The Labute approximate surface area is 557 Å². The fraction of sp³-hybridized carbons (Fsp3) is 0.904. The Balaban J connectivity index is 3.37. The van der Waals surface area contributed by atoms with Crippen LogP contribution in [-0.4, -0.2) is 47.4 Å². The number of allylic oxidation sites excluding steroid dienone is 6. The summed E-state index contributed by atoms with van der Waals surface area (Å²) in [7, 11) is 0. The smallest absolute Gasteiger partial charge is 0.305 e. The highest BCUT2D eigenvalue weighted by Gasteiger charge is 2.20. The van der Waals surface area contributed by atoms with Gasteiger partial charge in [-0.25, -0.2) is 0 Å². The molecule has 2 atom stereocenters. The topological polar surface area (TPSA) is 95.9 Å².